The van der Waals surface area contributed by atoms with Crippen LogP contribution in [0.1, 0.15) is 31.3 Å². The van der Waals surface area contributed by atoms with E-state index in [9.17, 15) is 4.79 Å². The fraction of sp³-hybridized carbons (Fsp3) is 0.643. The maximum Gasteiger partial charge on any atom is 0.309 e. The van der Waals surface area contributed by atoms with Crippen LogP contribution >= 0.6 is 0 Å². The van der Waals surface area contributed by atoms with Crippen LogP contribution in [0.15, 0.2) is 6.07 Å². The van der Waals surface area contributed by atoms with Gasteiger partial charge in [-0.2, -0.15) is 0 Å². The SMILES string of the molecule is CCOC(=O)C1CCN(c2cc(C)nc(C)n2)CC1. The molecule has 0 saturated carbocycles. The number of esters is 1. The number of rotatable bonds is 3. The number of aryl methyl sites for hydroxylation is 2. The fourth-order valence-corrected chi connectivity index (χ4v) is 2.46. The second-order valence-electron chi connectivity index (χ2n) is 4.93. The van der Waals surface area contributed by atoms with Crippen molar-refractivity contribution >= 4 is 11.8 Å². The first kappa shape index (κ1) is 13.8. The Morgan fingerprint density at radius 3 is 2.63 bits per heavy atom. The molecule has 1 aliphatic heterocycles. The first-order chi connectivity index (χ1) is 9.10. The molecule has 2 heterocycles. The average molecular weight is 263 g/mol. The Bertz CT molecular complexity index is 434. The van der Waals surface area contributed by atoms with E-state index < -0.39 is 0 Å². The molecule has 0 spiro atoms. The summed E-state index contributed by atoms with van der Waals surface area (Å²) in [5.74, 6) is 1.74. The van der Waals surface area contributed by atoms with Crippen LogP contribution in [0.2, 0.25) is 0 Å². The van der Waals surface area contributed by atoms with E-state index >= 15 is 0 Å². The molecule has 5 nitrogen and oxygen atoms in total. The molecule has 1 aromatic rings. The summed E-state index contributed by atoms with van der Waals surface area (Å²) in [6.45, 7) is 7.88. The summed E-state index contributed by atoms with van der Waals surface area (Å²) >= 11 is 0. The molecule has 1 aromatic heterocycles. The molecule has 1 fully saturated rings. The van der Waals surface area contributed by atoms with Gasteiger partial charge in [0.1, 0.15) is 11.6 Å². The Morgan fingerprint density at radius 2 is 2.05 bits per heavy atom. The van der Waals surface area contributed by atoms with Crippen LogP contribution in [0, 0.1) is 19.8 Å². The van der Waals surface area contributed by atoms with Crippen LogP contribution in [0.3, 0.4) is 0 Å². The van der Waals surface area contributed by atoms with E-state index in [2.05, 4.69) is 14.9 Å². The lowest BCUT2D eigenvalue weighted by atomic mass is 9.97. The largest absolute Gasteiger partial charge is 0.466 e. The highest BCUT2D eigenvalue weighted by Gasteiger charge is 2.26. The zero-order valence-corrected chi connectivity index (χ0v) is 11.8. The number of hydrogen-bond acceptors (Lipinski definition) is 5. The molecule has 2 rings (SSSR count). The molecule has 0 bridgehead atoms. The molecular formula is C14H21N3O2. The molecule has 0 unspecified atom stereocenters. The average Bonchev–Trinajstić information content (AvgIpc) is 2.38. The lowest BCUT2D eigenvalue weighted by Gasteiger charge is -2.31. The summed E-state index contributed by atoms with van der Waals surface area (Å²) in [5, 5.41) is 0. The molecule has 1 saturated heterocycles. The number of carbonyl (C=O) groups excluding carboxylic acids is 1. The van der Waals surface area contributed by atoms with E-state index in [0.29, 0.717) is 6.61 Å². The summed E-state index contributed by atoms with van der Waals surface area (Å²) in [4.78, 5) is 22.7. The molecule has 0 N–H and O–H groups in total. The number of nitrogens with zero attached hydrogens (tertiary/aromatic N) is 3. The van der Waals surface area contributed by atoms with E-state index in [4.69, 9.17) is 4.74 Å². The summed E-state index contributed by atoms with van der Waals surface area (Å²) in [6.07, 6.45) is 1.67. The van der Waals surface area contributed by atoms with Gasteiger partial charge in [0.2, 0.25) is 0 Å². The van der Waals surface area contributed by atoms with Gasteiger partial charge in [0.05, 0.1) is 12.5 Å². The number of hydrogen-bond donors (Lipinski definition) is 0. The van der Waals surface area contributed by atoms with Crippen molar-refractivity contribution < 1.29 is 9.53 Å². The van der Waals surface area contributed by atoms with Gasteiger partial charge in [-0.05, 0) is 33.6 Å². The highest BCUT2D eigenvalue weighted by molar-refractivity contribution is 5.72. The Kier molecular flexibility index (Phi) is 4.35. The fourth-order valence-electron chi connectivity index (χ4n) is 2.46. The topological polar surface area (TPSA) is 55.3 Å². The third kappa shape index (κ3) is 3.43. The monoisotopic (exact) mass is 263 g/mol. The quantitative estimate of drug-likeness (QED) is 0.779. The number of ether oxygens (including phenoxy) is 1. The van der Waals surface area contributed by atoms with Gasteiger partial charge in [0.15, 0.2) is 0 Å². The van der Waals surface area contributed by atoms with E-state index in [0.717, 1.165) is 43.3 Å². The van der Waals surface area contributed by atoms with Crippen LogP contribution in [0.4, 0.5) is 5.82 Å². The Hall–Kier alpha value is -1.65. The molecule has 0 atom stereocenters. The minimum Gasteiger partial charge on any atom is -0.466 e. The van der Waals surface area contributed by atoms with Gasteiger partial charge in [-0.15, -0.1) is 0 Å². The third-order valence-electron chi connectivity index (χ3n) is 3.39. The maximum atomic E-state index is 11.7. The van der Waals surface area contributed by atoms with E-state index in [1.165, 1.54) is 0 Å². The molecule has 0 radical (unpaired) electrons. The number of carbonyl (C=O) groups is 1. The van der Waals surface area contributed by atoms with Gasteiger partial charge in [-0.1, -0.05) is 0 Å². The van der Waals surface area contributed by atoms with E-state index in [1.807, 2.05) is 26.8 Å². The maximum absolute atomic E-state index is 11.7. The smallest absolute Gasteiger partial charge is 0.309 e. The number of piperidine rings is 1. The second kappa shape index (κ2) is 5.99. The van der Waals surface area contributed by atoms with Gasteiger partial charge in [-0.25, -0.2) is 9.97 Å². The highest BCUT2D eigenvalue weighted by atomic mass is 16.5. The summed E-state index contributed by atoms with van der Waals surface area (Å²) in [5.41, 5.74) is 0.981. The molecule has 0 amide bonds. The Morgan fingerprint density at radius 1 is 1.37 bits per heavy atom. The van der Waals surface area contributed by atoms with Crippen molar-refractivity contribution in [3.8, 4) is 0 Å². The zero-order valence-electron chi connectivity index (χ0n) is 11.8. The third-order valence-corrected chi connectivity index (χ3v) is 3.39. The van der Waals surface area contributed by atoms with E-state index in [1.54, 1.807) is 0 Å². The lowest BCUT2D eigenvalue weighted by Crippen LogP contribution is -2.37. The van der Waals surface area contributed by atoms with Crippen LogP contribution < -0.4 is 4.90 Å². The minimum atomic E-state index is -0.0581. The summed E-state index contributed by atoms with van der Waals surface area (Å²) in [7, 11) is 0. The molecule has 1 aliphatic rings. The van der Waals surface area contributed by atoms with Gasteiger partial charge in [0.25, 0.3) is 0 Å². The van der Waals surface area contributed by atoms with Crippen molar-refractivity contribution in [3.63, 3.8) is 0 Å². The van der Waals surface area contributed by atoms with Gasteiger partial charge in [-0.3, -0.25) is 4.79 Å². The summed E-state index contributed by atoms with van der Waals surface area (Å²) in [6, 6.07) is 2.00. The molecule has 5 heteroatoms. The molecule has 0 aliphatic carbocycles. The number of aromatic nitrogens is 2. The van der Waals surface area contributed by atoms with Crippen molar-refractivity contribution in [2.24, 2.45) is 5.92 Å². The van der Waals surface area contributed by atoms with Crippen molar-refractivity contribution in [1.29, 1.82) is 0 Å². The Labute approximate surface area is 114 Å². The molecular weight excluding hydrogens is 242 g/mol. The van der Waals surface area contributed by atoms with Crippen LogP contribution in [-0.2, 0) is 9.53 Å². The van der Waals surface area contributed by atoms with Crippen molar-refractivity contribution in [2.45, 2.75) is 33.6 Å². The first-order valence-corrected chi connectivity index (χ1v) is 6.84. The summed E-state index contributed by atoms with van der Waals surface area (Å²) < 4.78 is 5.08. The predicted octanol–water partition coefficient (Wildman–Crippen LogP) is 1.87. The molecule has 19 heavy (non-hydrogen) atoms. The van der Waals surface area contributed by atoms with Crippen molar-refractivity contribution in [2.75, 3.05) is 24.6 Å². The van der Waals surface area contributed by atoms with Gasteiger partial charge < -0.3 is 9.64 Å². The standard InChI is InChI=1S/C14H21N3O2/c1-4-19-14(18)12-5-7-17(8-6-12)13-9-10(2)15-11(3)16-13/h9,12H,4-8H2,1-3H3. The molecule has 0 aromatic carbocycles. The predicted molar refractivity (Wildman–Crippen MR) is 73.1 cm³/mol. The first-order valence-electron chi connectivity index (χ1n) is 6.84. The van der Waals surface area contributed by atoms with Gasteiger partial charge >= 0.3 is 5.97 Å². The van der Waals surface area contributed by atoms with Crippen LogP contribution in [0.25, 0.3) is 0 Å². The normalized spacial score (nSPS) is 16.5. The lowest BCUT2D eigenvalue weighted by molar-refractivity contribution is -0.148. The zero-order chi connectivity index (χ0) is 13.8. The van der Waals surface area contributed by atoms with Crippen molar-refractivity contribution in [1.82, 2.24) is 9.97 Å². The van der Waals surface area contributed by atoms with Gasteiger partial charge in [0, 0.05) is 24.8 Å². The molecule has 104 valence electrons. The van der Waals surface area contributed by atoms with Crippen LogP contribution in [0.5, 0.6) is 0 Å². The number of anilines is 1. The Balaban J connectivity index is 1.97. The second-order valence-corrected chi connectivity index (χ2v) is 4.93. The van der Waals surface area contributed by atoms with Crippen LogP contribution in [-0.4, -0.2) is 35.6 Å². The van der Waals surface area contributed by atoms with E-state index in [-0.39, 0.29) is 11.9 Å². The van der Waals surface area contributed by atoms with Crippen molar-refractivity contribution in [3.05, 3.63) is 17.6 Å². The minimum absolute atomic E-state index is 0.0419. The highest BCUT2D eigenvalue weighted by Crippen LogP contribution is 2.23.